The van der Waals surface area contributed by atoms with Crippen LogP contribution in [0.5, 0.6) is 0 Å². The van der Waals surface area contributed by atoms with E-state index in [0.717, 1.165) is 18.9 Å². The fourth-order valence-electron chi connectivity index (χ4n) is 5.29. The van der Waals surface area contributed by atoms with E-state index in [1.807, 2.05) is 0 Å². The highest BCUT2D eigenvalue weighted by molar-refractivity contribution is 6.21. The van der Waals surface area contributed by atoms with Crippen molar-refractivity contribution in [3.05, 3.63) is 70.8 Å². The van der Waals surface area contributed by atoms with Crippen molar-refractivity contribution in [2.45, 2.75) is 43.0 Å². The summed E-state index contributed by atoms with van der Waals surface area (Å²) >= 11 is 0. The summed E-state index contributed by atoms with van der Waals surface area (Å²) in [4.78, 5) is 28.2. The van der Waals surface area contributed by atoms with Crippen LogP contribution in [0.15, 0.2) is 48.5 Å². The highest BCUT2D eigenvalue weighted by Crippen LogP contribution is 2.58. The van der Waals surface area contributed by atoms with Crippen molar-refractivity contribution in [2.24, 2.45) is 0 Å². The van der Waals surface area contributed by atoms with E-state index in [-0.39, 0.29) is 36.2 Å². The molecule has 1 saturated carbocycles. The summed E-state index contributed by atoms with van der Waals surface area (Å²) in [6.07, 6.45) is -3.32. The van der Waals surface area contributed by atoms with E-state index < -0.39 is 17.8 Å². The Hall–Kier alpha value is -2.71. The number of aliphatic hydroxyl groups is 1. The maximum absolute atomic E-state index is 13.1. The lowest BCUT2D eigenvalue weighted by Crippen LogP contribution is -2.37. The zero-order valence-corrected chi connectivity index (χ0v) is 17.3. The first-order valence-corrected chi connectivity index (χ1v) is 10.8. The monoisotopic (exact) mass is 444 g/mol. The van der Waals surface area contributed by atoms with Crippen LogP contribution in [-0.4, -0.2) is 58.5 Å². The fourth-order valence-corrected chi connectivity index (χ4v) is 5.29. The van der Waals surface area contributed by atoms with Crippen LogP contribution in [0, 0.1) is 0 Å². The van der Waals surface area contributed by atoms with E-state index in [4.69, 9.17) is 0 Å². The molecule has 8 heteroatoms. The van der Waals surface area contributed by atoms with Gasteiger partial charge in [0.05, 0.1) is 22.8 Å². The van der Waals surface area contributed by atoms with Gasteiger partial charge in [-0.25, -0.2) is 0 Å². The van der Waals surface area contributed by atoms with Crippen LogP contribution in [-0.2, 0) is 11.6 Å². The van der Waals surface area contributed by atoms with Crippen LogP contribution in [0.1, 0.15) is 51.1 Å². The number of carbonyl (C=O) groups excluding carboxylic acids is 2. The number of benzene rings is 2. The second-order valence-corrected chi connectivity index (χ2v) is 8.95. The van der Waals surface area contributed by atoms with Gasteiger partial charge >= 0.3 is 6.18 Å². The van der Waals surface area contributed by atoms with Crippen LogP contribution in [0.4, 0.5) is 13.2 Å². The van der Waals surface area contributed by atoms with Crippen LogP contribution in [0.25, 0.3) is 0 Å². The van der Waals surface area contributed by atoms with Gasteiger partial charge in [0.15, 0.2) is 0 Å². The van der Waals surface area contributed by atoms with Crippen LogP contribution in [0.2, 0.25) is 0 Å². The molecule has 0 radical (unpaired) electrons. The molecule has 3 atom stereocenters. The summed E-state index contributed by atoms with van der Waals surface area (Å²) in [5.74, 6) is -0.686. The molecule has 1 aliphatic carbocycles. The number of alkyl halides is 3. The molecule has 2 fully saturated rings. The molecule has 32 heavy (non-hydrogen) atoms. The van der Waals surface area contributed by atoms with Gasteiger partial charge in [-0.2, -0.15) is 13.2 Å². The predicted octanol–water partition coefficient (Wildman–Crippen LogP) is 3.47. The summed E-state index contributed by atoms with van der Waals surface area (Å²) < 4.78 is 39.3. The van der Waals surface area contributed by atoms with Crippen LogP contribution < -0.4 is 0 Å². The lowest BCUT2D eigenvalue weighted by molar-refractivity contribution is -0.137. The van der Waals surface area contributed by atoms with Crippen molar-refractivity contribution >= 4 is 11.8 Å². The summed E-state index contributed by atoms with van der Waals surface area (Å²) in [7, 11) is 0. The molecule has 1 saturated heterocycles. The molecule has 5 rings (SSSR count). The Morgan fingerprint density at radius 2 is 1.75 bits per heavy atom. The van der Waals surface area contributed by atoms with E-state index in [2.05, 4.69) is 4.90 Å². The van der Waals surface area contributed by atoms with Gasteiger partial charge in [0.25, 0.3) is 11.8 Å². The SMILES string of the molecule is O=C1c2ccccc2C(=O)N1CC[C@@H](O)CN1CCC2(c3cccc(C(F)(F)F)c3)CC12. The maximum atomic E-state index is 13.1. The van der Waals surface area contributed by atoms with Crippen molar-refractivity contribution in [1.29, 1.82) is 0 Å². The zero-order valence-electron chi connectivity index (χ0n) is 17.3. The number of amides is 2. The average Bonchev–Trinajstić information content (AvgIpc) is 3.34. The molecule has 2 amide bonds. The predicted molar refractivity (Wildman–Crippen MR) is 110 cm³/mol. The van der Waals surface area contributed by atoms with Gasteiger partial charge in [-0.3, -0.25) is 19.4 Å². The van der Waals surface area contributed by atoms with E-state index in [9.17, 15) is 27.9 Å². The third kappa shape index (κ3) is 3.42. The van der Waals surface area contributed by atoms with Crippen molar-refractivity contribution in [1.82, 2.24) is 9.80 Å². The van der Waals surface area contributed by atoms with E-state index in [1.165, 1.54) is 17.0 Å². The van der Waals surface area contributed by atoms with Crippen molar-refractivity contribution in [2.75, 3.05) is 19.6 Å². The molecule has 2 aliphatic heterocycles. The first-order chi connectivity index (χ1) is 15.2. The largest absolute Gasteiger partial charge is 0.416 e. The molecule has 0 bridgehead atoms. The number of hydrogen-bond acceptors (Lipinski definition) is 4. The minimum atomic E-state index is -4.37. The standard InChI is InChI=1S/C24H23F3N2O3/c25-24(26,27)16-5-3-4-15(12-16)23-9-11-28(20(23)13-23)14-17(30)8-10-29-21(31)18-6-1-2-7-19(18)22(29)32/h1-7,12,17,20,30H,8-11,13-14H2/t17-,20?,23?/m1/s1. The highest BCUT2D eigenvalue weighted by atomic mass is 19.4. The van der Waals surface area contributed by atoms with Crippen LogP contribution in [0.3, 0.4) is 0 Å². The Balaban J connectivity index is 1.19. The lowest BCUT2D eigenvalue weighted by Gasteiger charge is -2.23. The number of β-amino-alcohol motifs (C(OH)–C–C–N with tert-alkyl or cyclic N) is 1. The van der Waals surface area contributed by atoms with Crippen LogP contribution >= 0.6 is 0 Å². The number of likely N-dealkylation sites (tertiary alicyclic amines) is 1. The Bertz CT molecular complexity index is 1050. The normalized spacial score (nSPS) is 25.8. The van der Waals surface area contributed by atoms with Gasteiger partial charge in [-0.15, -0.1) is 0 Å². The number of piperidine rings is 1. The molecule has 2 heterocycles. The number of halogens is 3. The lowest BCUT2D eigenvalue weighted by atomic mass is 9.92. The van der Waals surface area contributed by atoms with Crippen molar-refractivity contribution in [3.8, 4) is 0 Å². The Labute approximate surface area is 183 Å². The third-order valence-electron chi connectivity index (χ3n) is 7.10. The van der Waals surface area contributed by atoms with E-state index in [1.54, 1.807) is 30.3 Å². The summed E-state index contributed by atoms with van der Waals surface area (Å²) in [5.41, 5.74) is 0.573. The van der Waals surface area contributed by atoms with Gasteiger partial charge < -0.3 is 5.11 Å². The molecule has 2 unspecified atom stereocenters. The molecular formula is C24H23F3N2O3. The number of carbonyl (C=O) groups is 2. The molecule has 5 nitrogen and oxygen atoms in total. The van der Waals surface area contributed by atoms with Gasteiger partial charge in [-0.1, -0.05) is 30.3 Å². The number of hydrogen-bond donors (Lipinski definition) is 1. The van der Waals surface area contributed by atoms with Gasteiger partial charge in [-0.05, 0) is 49.6 Å². The first-order valence-electron chi connectivity index (χ1n) is 10.8. The molecular weight excluding hydrogens is 421 g/mol. The summed E-state index contributed by atoms with van der Waals surface area (Å²) in [5, 5.41) is 10.6. The molecule has 168 valence electrons. The molecule has 3 aliphatic rings. The minimum Gasteiger partial charge on any atom is -0.392 e. The number of rotatable bonds is 6. The fraction of sp³-hybridized carbons (Fsp3) is 0.417. The maximum Gasteiger partial charge on any atom is 0.416 e. The molecule has 2 aromatic carbocycles. The summed E-state index contributed by atoms with van der Waals surface area (Å²) in [6, 6.07) is 12.3. The van der Waals surface area contributed by atoms with Crippen molar-refractivity contribution < 1.29 is 27.9 Å². The van der Waals surface area contributed by atoms with E-state index in [0.29, 0.717) is 29.8 Å². The minimum absolute atomic E-state index is 0.111. The third-order valence-corrected chi connectivity index (χ3v) is 7.10. The quantitative estimate of drug-likeness (QED) is 0.694. The second-order valence-electron chi connectivity index (χ2n) is 8.95. The zero-order chi connectivity index (χ0) is 22.7. The molecule has 2 aromatic rings. The van der Waals surface area contributed by atoms with Gasteiger partial charge in [0.1, 0.15) is 0 Å². The average molecular weight is 444 g/mol. The highest BCUT2D eigenvalue weighted by Gasteiger charge is 2.62. The van der Waals surface area contributed by atoms with Crippen molar-refractivity contribution in [3.63, 3.8) is 0 Å². The summed E-state index contributed by atoms with van der Waals surface area (Å²) in [6.45, 7) is 1.20. The smallest absolute Gasteiger partial charge is 0.392 e. The van der Waals surface area contributed by atoms with Gasteiger partial charge in [0, 0.05) is 24.5 Å². The number of fused-ring (bicyclic) bond motifs is 2. The first kappa shape index (κ1) is 21.2. The van der Waals surface area contributed by atoms with E-state index >= 15 is 0 Å². The Morgan fingerprint density at radius 1 is 1.06 bits per heavy atom. The number of imide groups is 1. The molecule has 0 spiro atoms. The Morgan fingerprint density at radius 3 is 2.38 bits per heavy atom. The molecule has 0 aromatic heterocycles. The number of nitrogens with zero attached hydrogens (tertiary/aromatic N) is 2. The second kappa shape index (κ2) is 7.42. The van der Waals surface area contributed by atoms with Gasteiger partial charge in [0.2, 0.25) is 0 Å². The molecule has 1 N–H and O–H groups in total. The topological polar surface area (TPSA) is 60.9 Å². The number of aliphatic hydroxyl groups excluding tert-OH is 1. The Kier molecular flexibility index (Phi) is 4.90.